The van der Waals surface area contributed by atoms with Gasteiger partial charge < -0.3 is 5.32 Å². The second kappa shape index (κ2) is 7.52. The minimum atomic E-state index is -0.254. The first-order valence-electron chi connectivity index (χ1n) is 7.99. The number of halogens is 3. The van der Waals surface area contributed by atoms with Crippen molar-refractivity contribution < 1.29 is 8.78 Å². The van der Waals surface area contributed by atoms with Gasteiger partial charge in [-0.15, -0.1) is 0 Å². The van der Waals surface area contributed by atoms with Crippen molar-refractivity contribution in [3.05, 3.63) is 86.5 Å². The van der Waals surface area contributed by atoms with Crippen LogP contribution in [0.5, 0.6) is 0 Å². The number of aryl methyl sites for hydroxylation is 1. The average Bonchev–Trinajstić information content (AvgIpc) is 2.58. The third-order valence-corrected chi connectivity index (χ3v) is 5.28. The van der Waals surface area contributed by atoms with Crippen molar-refractivity contribution in [3.63, 3.8) is 0 Å². The van der Waals surface area contributed by atoms with E-state index in [1.54, 1.807) is 12.1 Å². The van der Waals surface area contributed by atoms with Crippen LogP contribution in [-0.4, -0.2) is 0 Å². The summed E-state index contributed by atoms with van der Waals surface area (Å²) in [6.07, 6.45) is 0. The largest absolute Gasteiger partial charge is 0.378 e. The molecule has 0 aliphatic carbocycles. The molecule has 0 aliphatic rings. The van der Waals surface area contributed by atoms with Crippen molar-refractivity contribution in [3.8, 4) is 11.1 Å². The summed E-state index contributed by atoms with van der Waals surface area (Å²) in [4.78, 5) is 0. The summed E-state index contributed by atoms with van der Waals surface area (Å²) in [5, 5.41) is 3.20. The Balaban J connectivity index is 1.88. The van der Waals surface area contributed by atoms with Crippen LogP contribution in [0.25, 0.3) is 11.1 Å². The Morgan fingerprint density at radius 2 is 1.72 bits per heavy atom. The number of anilines is 1. The van der Waals surface area contributed by atoms with Crippen LogP contribution in [-0.2, 0) is 6.54 Å². The van der Waals surface area contributed by atoms with E-state index in [0.717, 1.165) is 31.4 Å². The topological polar surface area (TPSA) is 12.0 Å². The van der Waals surface area contributed by atoms with E-state index in [2.05, 4.69) is 34.0 Å². The maximum Gasteiger partial charge on any atom is 0.146 e. The molecule has 0 saturated heterocycles. The van der Waals surface area contributed by atoms with Gasteiger partial charge in [-0.05, 0) is 89.0 Å². The molecular weight excluding hydrogens is 431 g/mol. The molecule has 0 aliphatic heterocycles. The van der Waals surface area contributed by atoms with Crippen molar-refractivity contribution in [1.29, 1.82) is 0 Å². The van der Waals surface area contributed by atoms with E-state index in [0.29, 0.717) is 12.2 Å². The normalized spacial score (nSPS) is 10.8. The fraction of sp³-hybridized carbons (Fsp3) is 0.143. The first-order valence-corrected chi connectivity index (χ1v) is 9.07. The average molecular weight is 449 g/mol. The van der Waals surface area contributed by atoms with E-state index in [1.165, 1.54) is 18.2 Å². The lowest BCUT2D eigenvalue weighted by atomic mass is 10.00. The highest BCUT2D eigenvalue weighted by atomic mass is 127. The number of rotatable bonds is 4. The Labute approximate surface area is 160 Å². The summed E-state index contributed by atoms with van der Waals surface area (Å²) in [5.74, 6) is -0.508. The first-order chi connectivity index (χ1) is 11.9. The summed E-state index contributed by atoms with van der Waals surface area (Å²) in [6.45, 7) is 4.41. The molecule has 0 saturated carbocycles. The molecule has 128 valence electrons. The summed E-state index contributed by atoms with van der Waals surface area (Å²) >= 11 is 2.20. The van der Waals surface area contributed by atoms with Gasteiger partial charge in [-0.1, -0.05) is 29.8 Å². The van der Waals surface area contributed by atoms with Crippen molar-refractivity contribution in [2.45, 2.75) is 20.4 Å². The Morgan fingerprint density at radius 1 is 0.920 bits per heavy atom. The van der Waals surface area contributed by atoms with Crippen molar-refractivity contribution >= 4 is 28.3 Å². The van der Waals surface area contributed by atoms with Gasteiger partial charge >= 0.3 is 0 Å². The molecule has 0 radical (unpaired) electrons. The predicted octanol–water partition coefficient (Wildman–Crippen LogP) is 6.47. The quantitative estimate of drug-likeness (QED) is 0.451. The lowest BCUT2D eigenvalue weighted by Gasteiger charge is -2.14. The fourth-order valence-corrected chi connectivity index (χ4v) is 3.31. The highest BCUT2D eigenvalue weighted by Crippen LogP contribution is 2.26. The van der Waals surface area contributed by atoms with Gasteiger partial charge in [-0.25, -0.2) is 8.78 Å². The molecule has 4 heteroatoms. The SMILES string of the molecule is Cc1cc(CNc2c(F)ccc(I)c2C)cc(-c2cccc(F)c2)c1. The number of hydrogen-bond acceptors (Lipinski definition) is 1. The smallest absolute Gasteiger partial charge is 0.146 e. The van der Waals surface area contributed by atoms with Crippen molar-refractivity contribution in [2.75, 3.05) is 5.32 Å². The Kier molecular flexibility index (Phi) is 5.37. The lowest BCUT2D eigenvalue weighted by molar-refractivity contribution is 0.628. The molecule has 0 spiro atoms. The first kappa shape index (κ1) is 17.9. The molecule has 3 aromatic rings. The standard InChI is InChI=1S/C21H18F2IN/c1-13-8-15(10-17(9-13)16-4-3-5-18(22)11-16)12-25-21-14(2)20(24)7-6-19(21)23/h3-11,25H,12H2,1-2H3. The van der Waals surface area contributed by atoms with Gasteiger partial charge in [0, 0.05) is 10.1 Å². The highest BCUT2D eigenvalue weighted by Gasteiger charge is 2.09. The Hall–Kier alpha value is -1.95. The van der Waals surface area contributed by atoms with Gasteiger partial charge in [0.25, 0.3) is 0 Å². The second-order valence-electron chi connectivity index (χ2n) is 6.10. The van der Waals surface area contributed by atoms with Gasteiger partial charge in [-0.2, -0.15) is 0 Å². The fourth-order valence-electron chi connectivity index (χ4n) is 2.86. The van der Waals surface area contributed by atoms with Gasteiger partial charge in [-0.3, -0.25) is 0 Å². The predicted molar refractivity (Wildman–Crippen MR) is 108 cm³/mol. The minimum absolute atomic E-state index is 0.254. The zero-order chi connectivity index (χ0) is 18.0. The van der Waals surface area contributed by atoms with E-state index >= 15 is 0 Å². The van der Waals surface area contributed by atoms with Crippen LogP contribution in [0.15, 0.2) is 54.6 Å². The van der Waals surface area contributed by atoms with Crippen LogP contribution >= 0.6 is 22.6 Å². The monoisotopic (exact) mass is 449 g/mol. The number of nitrogens with one attached hydrogen (secondary N) is 1. The van der Waals surface area contributed by atoms with E-state index < -0.39 is 0 Å². The molecule has 0 aromatic heterocycles. The highest BCUT2D eigenvalue weighted by molar-refractivity contribution is 14.1. The summed E-state index contributed by atoms with van der Waals surface area (Å²) in [5.41, 5.74) is 5.33. The van der Waals surface area contributed by atoms with E-state index in [9.17, 15) is 8.78 Å². The molecule has 1 N–H and O–H groups in total. The minimum Gasteiger partial charge on any atom is -0.378 e. The van der Waals surface area contributed by atoms with Crippen LogP contribution in [0.1, 0.15) is 16.7 Å². The molecular formula is C21H18F2IN. The van der Waals surface area contributed by atoms with Crippen molar-refractivity contribution in [1.82, 2.24) is 0 Å². The number of hydrogen-bond donors (Lipinski definition) is 1. The summed E-state index contributed by atoms with van der Waals surface area (Å²) in [6, 6.07) is 15.9. The Bertz CT molecular complexity index is 922. The third-order valence-electron chi connectivity index (χ3n) is 4.11. The third kappa shape index (κ3) is 4.18. The lowest BCUT2D eigenvalue weighted by Crippen LogP contribution is -2.05. The van der Waals surface area contributed by atoms with Gasteiger partial charge in [0.05, 0.1) is 5.69 Å². The molecule has 3 aromatic carbocycles. The van der Waals surface area contributed by atoms with Crippen LogP contribution < -0.4 is 5.32 Å². The second-order valence-corrected chi connectivity index (χ2v) is 7.26. The summed E-state index contributed by atoms with van der Waals surface area (Å²) in [7, 11) is 0. The molecule has 3 rings (SSSR count). The zero-order valence-electron chi connectivity index (χ0n) is 14.0. The van der Waals surface area contributed by atoms with Crippen LogP contribution in [0.4, 0.5) is 14.5 Å². The van der Waals surface area contributed by atoms with E-state index in [1.807, 2.05) is 32.0 Å². The molecule has 0 fully saturated rings. The molecule has 0 bridgehead atoms. The van der Waals surface area contributed by atoms with Crippen LogP contribution in [0, 0.1) is 29.1 Å². The van der Waals surface area contributed by atoms with Gasteiger partial charge in [0.15, 0.2) is 0 Å². The van der Waals surface area contributed by atoms with Gasteiger partial charge in [0.1, 0.15) is 11.6 Å². The van der Waals surface area contributed by atoms with Crippen molar-refractivity contribution in [2.24, 2.45) is 0 Å². The molecule has 0 unspecified atom stereocenters. The zero-order valence-corrected chi connectivity index (χ0v) is 16.2. The molecule has 0 atom stereocenters. The Morgan fingerprint density at radius 3 is 2.48 bits per heavy atom. The molecule has 1 nitrogen and oxygen atoms in total. The maximum atomic E-state index is 14.1. The summed E-state index contributed by atoms with van der Waals surface area (Å²) < 4.78 is 28.6. The van der Waals surface area contributed by atoms with Crippen LogP contribution in [0.2, 0.25) is 0 Å². The van der Waals surface area contributed by atoms with E-state index in [4.69, 9.17) is 0 Å². The maximum absolute atomic E-state index is 14.1. The number of benzene rings is 3. The van der Waals surface area contributed by atoms with E-state index in [-0.39, 0.29) is 11.6 Å². The molecule has 25 heavy (non-hydrogen) atoms. The molecule has 0 heterocycles. The molecule has 0 amide bonds. The van der Waals surface area contributed by atoms with Gasteiger partial charge in [0.2, 0.25) is 0 Å². The van der Waals surface area contributed by atoms with Crippen LogP contribution in [0.3, 0.4) is 0 Å².